The van der Waals surface area contributed by atoms with Crippen LogP contribution in [0.25, 0.3) is 0 Å². The molecule has 0 aliphatic carbocycles. The van der Waals surface area contributed by atoms with Gasteiger partial charge in [-0.1, -0.05) is 114 Å². The van der Waals surface area contributed by atoms with Crippen LogP contribution in [0.4, 0.5) is 0 Å². The Morgan fingerprint density at radius 1 is 0.590 bits per heavy atom. The topological polar surface area (TPSA) is 91.3 Å². The van der Waals surface area contributed by atoms with E-state index in [2.05, 4.69) is 5.16 Å². The Kier molecular flexibility index (Phi) is 10.6. The molecule has 0 unspecified atom stereocenters. The average Bonchev–Trinajstić information content (AvgIpc) is 3.02. The van der Waals surface area contributed by atoms with Gasteiger partial charge in [-0.2, -0.15) is 0 Å². The van der Waals surface area contributed by atoms with Gasteiger partial charge in [-0.3, -0.25) is 9.59 Å². The molecule has 198 valence electrons. The lowest BCUT2D eigenvalue weighted by Crippen LogP contribution is -2.39. The van der Waals surface area contributed by atoms with Crippen LogP contribution in [-0.4, -0.2) is 37.5 Å². The zero-order valence-corrected chi connectivity index (χ0v) is 21.9. The molecule has 0 bridgehead atoms. The number of Topliss-reactive ketones (excluding diaryl/α,β-unsaturated/α-hetero) is 2. The number of carbonyl (C=O) groups excluding carboxylic acids is 3. The Morgan fingerprint density at radius 3 is 1.46 bits per heavy atom. The fraction of sp³-hybridized carbons (Fsp3) is 0.125. The first kappa shape index (κ1) is 28.8. The first-order chi connectivity index (χ1) is 18.9. The van der Waals surface area contributed by atoms with Gasteiger partial charge in [-0.05, 0) is 19.1 Å². The van der Waals surface area contributed by atoms with E-state index in [4.69, 9.17) is 14.3 Å². The molecule has 39 heavy (non-hydrogen) atoms. The molecule has 0 aliphatic rings. The molecule has 0 aromatic heterocycles. The number of methoxy groups -OCH3 is 2. The highest BCUT2D eigenvalue weighted by Gasteiger charge is 2.41. The van der Waals surface area contributed by atoms with Gasteiger partial charge in [0.05, 0.1) is 5.56 Å². The highest BCUT2D eigenvalue weighted by molar-refractivity contribution is 6.45. The van der Waals surface area contributed by atoms with Crippen LogP contribution in [0.15, 0.2) is 126 Å². The van der Waals surface area contributed by atoms with E-state index in [1.165, 1.54) is 21.1 Å². The summed E-state index contributed by atoms with van der Waals surface area (Å²) in [5, 5.41) is 3.59. The molecule has 0 atom stereocenters. The molecule has 0 aliphatic heterocycles. The van der Waals surface area contributed by atoms with Gasteiger partial charge in [0, 0.05) is 30.9 Å². The van der Waals surface area contributed by atoms with Crippen LogP contribution in [0.2, 0.25) is 0 Å². The van der Waals surface area contributed by atoms with Crippen molar-refractivity contribution in [3.63, 3.8) is 0 Å². The summed E-state index contributed by atoms with van der Waals surface area (Å²) in [4.78, 5) is 41.1. The van der Waals surface area contributed by atoms with E-state index in [-0.39, 0.29) is 17.3 Å². The predicted molar refractivity (Wildman–Crippen MR) is 149 cm³/mol. The molecule has 0 saturated heterocycles. The largest absolute Gasteiger partial charge is 0.365 e. The Balaban J connectivity index is 0.000000216. The molecule has 7 nitrogen and oxygen atoms in total. The average molecular weight is 524 g/mol. The van der Waals surface area contributed by atoms with Crippen LogP contribution in [-0.2, 0) is 20.1 Å². The number of hydrogen-bond acceptors (Lipinski definition) is 7. The third-order valence-corrected chi connectivity index (χ3v) is 5.70. The smallest absolute Gasteiger partial charge is 0.343 e. The minimum Gasteiger partial charge on any atom is -0.343 e. The molecule has 4 rings (SSSR count). The van der Waals surface area contributed by atoms with E-state index in [0.717, 1.165) is 0 Å². The summed E-state index contributed by atoms with van der Waals surface area (Å²) in [6.45, 7) is 1.51. The lowest BCUT2D eigenvalue weighted by Gasteiger charge is -2.29. The number of ketones is 2. The molecule has 7 heteroatoms. The lowest BCUT2D eigenvalue weighted by atomic mass is 9.96. The van der Waals surface area contributed by atoms with E-state index in [0.29, 0.717) is 22.3 Å². The van der Waals surface area contributed by atoms with Crippen molar-refractivity contribution >= 4 is 23.2 Å². The first-order valence-corrected chi connectivity index (χ1v) is 12.1. The molecular formula is C32H29NO6. The van der Waals surface area contributed by atoms with Gasteiger partial charge in [-0.15, -0.1) is 0 Å². The SMILES string of the molecule is CC(=NOC(=O)c1ccccc1)C(=O)c1ccccc1.COC(OC)(C(=O)c1ccccc1)c1ccccc1. The second-order valence-electron chi connectivity index (χ2n) is 8.20. The van der Waals surface area contributed by atoms with E-state index >= 15 is 0 Å². The lowest BCUT2D eigenvalue weighted by molar-refractivity contribution is -0.176. The van der Waals surface area contributed by atoms with Crippen molar-refractivity contribution in [2.45, 2.75) is 12.7 Å². The van der Waals surface area contributed by atoms with Crippen LogP contribution in [0.1, 0.15) is 43.6 Å². The van der Waals surface area contributed by atoms with E-state index in [9.17, 15) is 14.4 Å². The van der Waals surface area contributed by atoms with Crippen molar-refractivity contribution in [3.8, 4) is 0 Å². The maximum atomic E-state index is 12.7. The van der Waals surface area contributed by atoms with Crippen molar-refractivity contribution < 1.29 is 28.7 Å². The van der Waals surface area contributed by atoms with E-state index in [1.54, 1.807) is 66.7 Å². The molecule has 4 aromatic rings. The van der Waals surface area contributed by atoms with Crippen molar-refractivity contribution in [2.75, 3.05) is 14.2 Å². The van der Waals surface area contributed by atoms with Gasteiger partial charge in [-0.25, -0.2) is 4.79 Å². The second kappa shape index (κ2) is 14.3. The van der Waals surface area contributed by atoms with Gasteiger partial charge in [0.2, 0.25) is 11.6 Å². The Labute approximate surface area is 227 Å². The third-order valence-electron chi connectivity index (χ3n) is 5.70. The molecule has 0 fully saturated rings. The van der Waals surface area contributed by atoms with Gasteiger partial charge >= 0.3 is 5.97 Å². The number of ether oxygens (including phenoxy) is 2. The molecule has 0 N–H and O–H groups in total. The standard InChI is InChI=1S/C16H13NO3.C16H16O3/c1-12(15(18)13-8-4-2-5-9-13)17-20-16(19)14-10-6-3-7-11-14;1-18-16(19-2,14-11-7-4-8-12-14)15(17)13-9-5-3-6-10-13/h2-11H,1H3;3-12H,1-2H3. The molecule has 0 heterocycles. The summed E-state index contributed by atoms with van der Waals surface area (Å²) in [6.07, 6.45) is 0. The molecule has 0 spiro atoms. The summed E-state index contributed by atoms with van der Waals surface area (Å²) >= 11 is 0. The highest BCUT2D eigenvalue weighted by atomic mass is 16.7. The van der Waals surface area contributed by atoms with Crippen LogP contribution < -0.4 is 0 Å². The number of hydrogen-bond donors (Lipinski definition) is 0. The summed E-state index contributed by atoms with van der Waals surface area (Å²) in [6, 6.07) is 35.4. The normalized spacial score (nSPS) is 11.1. The maximum absolute atomic E-state index is 12.7. The fourth-order valence-corrected chi connectivity index (χ4v) is 3.65. The third kappa shape index (κ3) is 7.41. The molecular weight excluding hydrogens is 494 g/mol. The van der Waals surface area contributed by atoms with Crippen molar-refractivity contribution in [2.24, 2.45) is 5.16 Å². The van der Waals surface area contributed by atoms with Crippen LogP contribution in [0, 0.1) is 0 Å². The van der Waals surface area contributed by atoms with Gasteiger partial charge in [0.1, 0.15) is 5.71 Å². The number of nitrogens with zero attached hydrogens (tertiary/aromatic N) is 1. The monoisotopic (exact) mass is 523 g/mol. The summed E-state index contributed by atoms with van der Waals surface area (Å²) in [7, 11) is 2.94. The minimum absolute atomic E-state index is 0.125. The van der Waals surface area contributed by atoms with Crippen molar-refractivity contribution in [1.29, 1.82) is 0 Å². The zero-order valence-electron chi connectivity index (χ0n) is 21.9. The summed E-state index contributed by atoms with van der Waals surface area (Å²) < 4.78 is 10.8. The number of rotatable bonds is 9. The minimum atomic E-state index is -1.40. The highest BCUT2D eigenvalue weighted by Crippen LogP contribution is 2.30. The zero-order chi connectivity index (χ0) is 28.1. The Morgan fingerprint density at radius 2 is 1.00 bits per heavy atom. The maximum Gasteiger partial charge on any atom is 0.365 e. The van der Waals surface area contributed by atoms with Crippen molar-refractivity contribution in [1.82, 2.24) is 0 Å². The van der Waals surface area contributed by atoms with Gasteiger partial charge in [0.25, 0.3) is 5.79 Å². The Bertz CT molecular complexity index is 1380. The van der Waals surface area contributed by atoms with Crippen LogP contribution in [0.5, 0.6) is 0 Å². The first-order valence-electron chi connectivity index (χ1n) is 12.1. The number of carbonyl (C=O) groups is 3. The molecule has 0 amide bonds. The van der Waals surface area contributed by atoms with Crippen LogP contribution in [0.3, 0.4) is 0 Å². The summed E-state index contributed by atoms with van der Waals surface area (Å²) in [5.41, 5.74) is 2.24. The predicted octanol–water partition coefficient (Wildman–Crippen LogP) is 6.12. The second-order valence-corrected chi connectivity index (χ2v) is 8.20. The Hall–Kier alpha value is -4.72. The molecule has 0 saturated carbocycles. The van der Waals surface area contributed by atoms with E-state index in [1.807, 2.05) is 54.6 Å². The quantitative estimate of drug-likeness (QED) is 0.0863. The fourth-order valence-electron chi connectivity index (χ4n) is 3.65. The number of oxime groups is 1. The molecule has 4 aromatic carbocycles. The molecule has 0 radical (unpaired) electrons. The summed E-state index contributed by atoms with van der Waals surface area (Å²) in [5.74, 6) is -2.48. The van der Waals surface area contributed by atoms with E-state index < -0.39 is 11.8 Å². The van der Waals surface area contributed by atoms with Gasteiger partial charge < -0.3 is 14.3 Å². The number of benzene rings is 4. The van der Waals surface area contributed by atoms with Gasteiger partial charge in [0.15, 0.2) is 0 Å². The van der Waals surface area contributed by atoms with Crippen LogP contribution >= 0.6 is 0 Å². The van der Waals surface area contributed by atoms with Crippen molar-refractivity contribution in [3.05, 3.63) is 144 Å².